The van der Waals surface area contributed by atoms with E-state index in [1.54, 1.807) is 55.0 Å². The molecule has 2 N–H and O–H groups in total. The maximum absolute atomic E-state index is 12.6. The molecule has 0 radical (unpaired) electrons. The Balaban J connectivity index is 1.18. The van der Waals surface area contributed by atoms with E-state index in [0.29, 0.717) is 23.4 Å². The summed E-state index contributed by atoms with van der Waals surface area (Å²) < 4.78 is 30.2. The summed E-state index contributed by atoms with van der Waals surface area (Å²) >= 11 is 0. The van der Waals surface area contributed by atoms with Crippen LogP contribution in [0.3, 0.4) is 0 Å². The first-order valence-electron chi connectivity index (χ1n) is 10.6. The molecule has 8 nitrogen and oxygen atoms in total. The minimum absolute atomic E-state index is 0.184. The van der Waals surface area contributed by atoms with Gasteiger partial charge in [0.25, 0.3) is 15.9 Å². The lowest BCUT2D eigenvalue weighted by molar-refractivity contribution is 0.0951. The van der Waals surface area contributed by atoms with Gasteiger partial charge in [-0.25, -0.2) is 4.98 Å². The molecule has 0 fully saturated rings. The predicted octanol–water partition coefficient (Wildman–Crippen LogP) is 3.42. The Bertz CT molecular complexity index is 1460. The van der Waals surface area contributed by atoms with Gasteiger partial charge in [0.15, 0.2) is 5.84 Å². The van der Waals surface area contributed by atoms with E-state index >= 15 is 0 Å². The van der Waals surface area contributed by atoms with Gasteiger partial charge < -0.3 is 15.2 Å². The van der Waals surface area contributed by atoms with E-state index in [-0.39, 0.29) is 16.6 Å². The number of rotatable bonds is 6. The van der Waals surface area contributed by atoms with Gasteiger partial charge >= 0.3 is 0 Å². The fraction of sp³-hybridized carbons (Fsp3) is 0.0800. The number of hydrogen-bond acceptors (Lipinski definition) is 5. The Morgan fingerprint density at radius 3 is 2.38 bits per heavy atom. The summed E-state index contributed by atoms with van der Waals surface area (Å²) in [6.07, 6.45) is 5.44. The normalized spacial score (nSPS) is 13.7. The Morgan fingerprint density at radius 2 is 1.65 bits per heavy atom. The third-order valence-corrected chi connectivity index (χ3v) is 6.78. The molecule has 0 spiro atoms. The Hall–Kier alpha value is -4.24. The number of benzene rings is 3. The molecule has 4 aromatic rings. The summed E-state index contributed by atoms with van der Waals surface area (Å²) in [6, 6.07) is 21.5. The van der Waals surface area contributed by atoms with E-state index in [4.69, 9.17) is 0 Å². The van der Waals surface area contributed by atoms with Gasteiger partial charge in [-0.3, -0.25) is 4.79 Å². The third-order valence-electron chi connectivity index (χ3n) is 5.44. The van der Waals surface area contributed by atoms with Gasteiger partial charge in [0.1, 0.15) is 4.90 Å². The zero-order valence-electron chi connectivity index (χ0n) is 18.0. The number of nitrogens with zero attached hydrogens (tertiary/aromatic N) is 3. The predicted molar refractivity (Wildman–Crippen MR) is 129 cm³/mol. The quantitative estimate of drug-likeness (QED) is 0.448. The first-order chi connectivity index (χ1) is 16.5. The van der Waals surface area contributed by atoms with Crippen molar-refractivity contribution in [3.8, 4) is 0 Å². The number of anilines is 1. The molecular formula is C25H21N5O3S. The van der Waals surface area contributed by atoms with Crippen LogP contribution in [-0.4, -0.2) is 29.7 Å². The van der Waals surface area contributed by atoms with E-state index in [9.17, 15) is 13.2 Å². The molecule has 0 saturated carbocycles. The Morgan fingerprint density at radius 1 is 0.912 bits per heavy atom. The minimum Gasteiger partial charge on any atom is -0.348 e. The molecule has 0 unspecified atom stereocenters. The van der Waals surface area contributed by atoms with E-state index in [0.717, 1.165) is 17.7 Å². The van der Waals surface area contributed by atoms with Crippen LogP contribution in [0.1, 0.15) is 27.0 Å². The lowest BCUT2D eigenvalue weighted by atomic mass is 10.1. The molecule has 3 aromatic carbocycles. The highest BCUT2D eigenvalue weighted by Crippen LogP contribution is 2.26. The molecule has 0 aliphatic carbocycles. The second-order valence-corrected chi connectivity index (χ2v) is 9.42. The maximum Gasteiger partial charge on any atom is 0.285 e. The van der Waals surface area contributed by atoms with Crippen molar-refractivity contribution < 1.29 is 13.2 Å². The topological polar surface area (TPSA) is 105 Å². The summed E-state index contributed by atoms with van der Waals surface area (Å²) in [5, 5.41) is 5.95. The van der Waals surface area contributed by atoms with E-state index in [1.165, 1.54) is 6.07 Å². The van der Waals surface area contributed by atoms with Crippen LogP contribution in [0.25, 0.3) is 0 Å². The summed E-state index contributed by atoms with van der Waals surface area (Å²) in [5.74, 6) is 0.0736. The molecular weight excluding hydrogens is 450 g/mol. The van der Waals surface area contributed by atoms with Gasteiger partial charge in [-0.05, 0) is 47.5 Å². The van der Waals surface area contributed by atoms with Crippen molar-refractivity contribution in [2.24, 2.45) is 4.40 Å². The molecule has 9 heteroatoms. The van der Waals surface area contributed by atoms with Crippen LogP contribution in [0.2, 0.25) is 0 Å². The number of carbonyl (C=O) groups is 1. The molecule has 1 aliphatic rings. The van der Waals surface area contributed by atoms with Crippen molar-refractivity contribution >= 4 is 27.5 Å². The van der Waals surface area contributed by atoms with Gasteiger partial charge in [0, 0.05) is 42.3 Å². The number of aromatic nitrogens is 2. The number of nitrogens with one attached hydrogen (secondary N) is 2. The van der Waals surface area contributed by atoms with Gasteiger partial charge in [-0.2, -0.15) is 8.42 Å². The van der Waals surface area contributed by atoms with Crippen molar-refractivity contribution in [3.05, 3.63) is 114 Å². The number of imidazole rings is 1. The van der Waals surface area contributed by atoms with Crippen LogP contribution in [0.4, 0.5) is 5.69 Å². The minimum atomic E-state index is -3.69. The second kappa shape index (κ2) is 8.95. The highest BCUT2D eigenvalue weighted by Gasteiger charge is 2.28. The standard InChI is InChI=1S/C25H21N5O3S/c31-25(27-15-18-5-7-19(8-6-18)16-30-14-13-26-17-30)20-9-11-21(12-10-20)28-24-22-3-1-2-4-23(22)34(32,33)29-24/h1-14,17H,15-16H2,(H,27,31)(H,28,29). The van der Waals surface area contributed by atoms with E-state index in [2.05, 4.69) is 20.0 Å². The summed E-state index contributed by atoms with van der Waals surface area (Å²) in [5.41, 5.74) is 3.82. The van der Waals surface area contributed by atoms with Crippen molar-refractivity contribution in [1.29, 1.82) is 0 Å². The third kappa shape index (κ3) is 4.60. The Kier molecular flexibility index (Phi) is 5.69. The zero-order chi connectivity index (χ0) is 23.5. The highest BCUT2D eigenvalue weighted by atomic mass is 32.2. The molecule has 1 aromatic heterocycles. The van der Waals surface area contributed by atoms with Gasteiger partial charge in [0.2, 0.25) is 0 Å². The summed E-state index contributed by atoms with van der Waals surface area (Å²) in [7, 11) is -3.69. The lowest BCUT2D eigenvalue weighted by Crippen LogP contribution is -2.22. The van der Waals surface area contributed by atoms with Gasteiger partial charge in [-0.1, -0.05) is 36.4 Å². The molecule has 0 atom stereocenters. The van der Waals surface area contributed by atoms with Crippen LogP contribution in [0, 0.1) is 0 Å². The van der Waals surface area contributed by atoms with Crippen LogP contribution in [0.15, 0.2) is 101 Å². The van der Waals surface area contributed by atoms with Gasteiger partial charge in [0.05, 0.1) is 6.33 Å². The van der Waals surface area contributed by atoms with Crippen LogP contribution >= 0.6 is 0 Å². The van der Waals surface area contributed by atoms with E-state index < -0.39 is 10.0 Å². The number of hydrogen-bond donors (Lipinski definition) is 2. The van der Waals surface area contributed by atoms with Crippen molar-refractivity contribution in [2.45, 2.75) is 18.0 Å². The first-order valence-corrected chi connectivity index (χ1v) is 12.1. The number of carbonyl (C=O) groups excluding carboxylic acids is 1. The van der Waals surface area contributed by atoms with Crippen LogP contribution in [0.5, 0.6) is 0 Å². The molecule has 1 aliphatic heterocycles. The largest absolute Gasteiger partial charge is 0.348 e. The maximum atomic E-state index is 12.6. The lowest BCUT2D eigenvalue weighted by Gasteiger charge is -2.09. The zero-order valence-corrected chi connectivity index (χ0v) is 18.9. The van der Waals surface area contributed by atoms with Crippen LogP contribution < -0.4 is 10.6 Å². The SMILES string of the molecule is O=C(NCc1ccc(Cn2ccnc2)cc1)c1ccc(NC2=NS(=O)(=O)c3ccccc32)cc1. The fourth-order valence-corrected chi connectivity index (χ4v) is 4.85. The van der Waals surface area contributed by atoms with Gasteiger partial charge in [-0.15, -0.1) is 4.40 Å². The molecule has 5 rings (SSSR count). The average molecular weight is 472 g/mol. The molecule has 34 heavy (non-hydrogen) atoms. The average Bonchev–Trinajstić information content (AvgIpc) is 3.45. The smallest absolute Gasteiger partial charge is 0.285 e. The number of amides is 1. The molecule has 0 bridgehead atoms. The number of amidine groups is 1. The second-order valence-electron chi connectivity index (χ2n) is 7.85. The molecule has 170 valence electrons. The fourth-order valence-electron chi connectivity index (χ4n) is 3.68. The molecule has 0 saturated heterocycles. The number of sulfonamides is 1. The summed E-state index contributed by atoms with van der Waals surface area (Å²) in [4.78, 5) is 16.8. The monoisotopic (exact) mass is 471 g/mol. The summed E-state index contributed by atoms with van der Waals surface area (Å²) in [6.45, 7) is 1.16. The molecule has 2 heterocycles. The van der Waals surface area contributed by atoms with E-state index in [1.807, 2.05) is 35.0 Å². The van der Waals surface area contributed by atoms with Crippen molar-refractivity contribution in [1.82, 2.24) is 14.9 Å². The number of fused-ring (bicyclic) bond motifs is 1. The van der Waals surface area contributed by atoms with Crippen molar-refractivity contribution in [3.63, 3.8) is 0 Å². The highest BCUT2D eigenvalue weighted by molar-refractivity contribution is 7.90. The van der Waals surface area contributed by atoms with Crippen molar-refractivity contribution in [2.75, 3.05) is 5.32 Å². The molecule has 1 amide bonds. The van der Waals surface area contributed by atoms with Crippen LogP contribution in [-0.2, 0) is 23.1 Å². The first kappa shape index (κ1) is 21.6. The Labute approximate surface area is 197 Å².